The van der Waals surface area contributed by atoms with Gasteiger partial charge in [-0.05, 0) is 57.6 Å². The molecule has 0 bridgehead atoms. The first-order valence-corrected chi connectivity index (χ1v) is 9.02. The molecule has 0 unspecified atom stereocenters. The number of urea groups is 1. The Hall–Kier alpha value is -2.05. The van der Waals surface area contributed by atoms with Crippen molar-refractivity contribution in [3.63, 3.8) is 0 Å². The quantitative estimate of drug-likeness (QED) is 0.812. The van der Waals surface area contributed by atoms with E-state index < -0.39 is 0 Å². The van der Waals surface area contributed by atoms with Gasteiger partial charge >= 0.3 is 6.03 Å². The molecule has 6 nitrogen and oxygen atoms in total. The Morgan fingerprint density at radius 3 is 3.00 bits per heavy atom. The maximum atomic E-state index is 12.0. The molecule has 1 aromatic carbocycles. The van der Waals surface area contributed by atoms with Crippen LogP contribution in [0.2, 0.25) is 0 Å². The zero-order valence-electron chi connectivity index (χ0n) is 15.1. The van der Waals surface area contributed by atoms with E-state index >= 15 is 0 Å². The molecule has 2 heterocycles. The predicted octanol–water partition coefficient (Wildman–Crippen LogP) is 2.89. The molecule has 2 aromatic rings. The van der Waals surface area contributed by atoms with Crippen molar-refractivity contribution in [2.24, 2.45) is 0 Å². The molecule has 1 atom stereocenters. The molecule has 1 aromatic heterocycles. The van der Waals surface area contributed by atoms with E-state index in [-0.39, 0.29) is 6.03 Å². The van der Waals surface area contributed by atoms with Gasteiger partial charge in [0.1, 0.15) is 0 Å². The van der Waals surface area contributed by atoms with Gasteiger partial charge in [0.15, 0.2) is 0 Å². The number of rotatable bonds is 7. The summed E-state index contributed by atoms with van der Waals surface area (Å²) in [6.45, 7) is 3.44. The van der Waals surface area contributed by atoms with Gasteiger partial charge < -0.3 is 24.8 Å². The Kier molecular flexibility index (Phi) is 5.94. The normalized spacial score (nSPS) is 17.3. The molecule has 0 aliphatic carbocycles. The second-order valence-electron chi connectivity index (χ2n) is 6.89. The lowest BCUT2D eigenvalue weighted by Gasteiger charge is -2.12. The zero-order valence-corrected chi connectivity index (χ0v) is 15.1. The van der Waals surface area contributed by atoms with Crippen LogP contribution in [-0.4, -0.2) is 55.4 Å². The lowest BCUT2D eigenvalue weighted by Crippen LogP contribution is -2.31. The number of anilines is 1. The minimum Gasteiger partial charge on any atom is -0.378 e. The summed E-state index contributed by atoms with van der Waals surface area (Å²) in [5.74, 6) is 0. The molecule has 0 radical (unpaired) electrons. The molecule has 1 aliphatic heterocycles. The molecule has 0 saturated carbocycles. The number of nitrogens with one attached hydrogen (secondary N) is 2. The van der Waals surface area contributed by atoms with Gasteiger partial charge in [-0.2, -0.15) is 0 Å². The van der Waals surface area contributed by atoms with Gasteiger partial charge in [0.05, 0.1) is 6.10 Å². The topological polar surface area (TPSA) is 58.5 Å². The maximum absolute atomic E-state index is 12.0. The van der Waals surface area contributed by atoms with E-state index in [1.807, 2.05) is 12.1 Å². The number of carbonyl (C=O) groups is 1. The largest absolute Gasteiger partial charge is 0.378 e. The third-order valence-electron chi connectivity index (χ3n) is 4.59. The van der Waals surface area contributed by atoms with Crippen LogP contribution in [0.4, 0.5) is 10.5 Å². The van der Waals surface area contributed by atoms with Crippen molar-refractivity contribution >= 4 is 22.6 Å². The number of hydrogen-bond donors (Lipinski definition) is 2. The Balaban J connectivity index is 1.51. The molecule has 136 valence electrons. The summed E-state index contributed by atoms with van der Waals surface area (Å²) < 4.78 is 7.80. The number of carbonyl (C=O) groups excluding carboxylic acids is 1. The van der Waals surface area contributed by atoms with E-state index in [0.717, 1.165) is 50.0 Å². The van der Waals surface area contributed by atoms with Gasteiger partial charge in [0.2, 0.25) is 0 Å². The highest BCUT2D eigenvalue weighted by Crippen LogP contribution is 2.20. The average Bonchev–Trinajstić information content (AvgIpc) is 3.22. The first-order chi connectivity index (χ1) is 12.1. The van der Waals surface area contributed by atoms with Gasteiger partial charge in [0.25, 0.3) is 0 Å². The highest BCUT2D eigenvalue weighted by Gasteiger charge is 2.15. The SMILES string of the molecule is CN(C)CCn1ccc2cc(NC(=O)NCC[C@H]3CCCO3)ccc21. The summed E-state index contributed by atoms with van der Waals surface area (Å²) in [7, 11) is 4.15. The number of amides is 2. The standard InChI is InChI=1S/C19H28N4O2/c1-22(2)11-12-23-10-8-15-14-16(5-6-18(15)23)21-19(24)20-9-7-17-4-3-13-25-17/h5-6,8,10,14,17H,3-4,7,9,11-13H2,1-2H3,(H2,20,21,24)/t17-/m1/s1. The van der Waals surface area contributed by atoms with Crippen LogP contribution in [0.15, 0.2) is 30.5 Å². The predicted molar refractivity (Wildman–Crippen MR) is 101 cm³/mol. The van der Waals surface area contributed by atoms with E-state index in [1.54, 1.807) is 0 Å². The summed E-state index contributed by atoms with van der Waals surface area (Å²) in [5, 5.41) is 6.95. The molecule has 3 rings (SSSR count). The second-order valence-corrected chi connectivity index (χ2v) is 6.89. The lowest BCUT2D eigenvalue weighted by atomic mass is 10.2. The number of benzene rings is 1. The van der Waals surface area contributed by atoms with E-state index in [1.165, 1.54) is 5.52 Å². The summed E-state index contributed by atoms with van der Waals surface area (Å²) in [6.07, 6.45) is 5.51. The van der Waals surface area contributed by atoms with Gasteiger partial charge in [-0.1, -0.05) is 0 Å². The fourth-order valence-electron chi connectivity index (χ4n) is 3.17. The van der Waals surface area contributed by atoms with Crippen molar-refractivity contribution in [3.05, 3.63) is 30.5 Å². The number of nitrogens with zero attached hydrogens (tertiary/aromatic N) is 2. The van der Waals surface area contributed by atoms with Gasteiger partial charge in [-0.15, -0.1) is 0 Å². The first kappa shape index (κ1) is 17.8. The fraction of sp³-hybridized carbons (Fsp3) is 0.526. The minimum atomic E-state index is -0.163. The summed E-state index contributed by atoms with van der Waals surface area (Å²) in [5.41, 5.74) is 2.00. The van der Waals surface area contributed by atoms with Crippen molar-refractivity contribution in [3.8, 4) is 0 Å². The number of fused-ring (bicyclic) bond motifs is 1. The molecule has 2 amide bonds. The zero-order chi connectivity index (χ0) is 17.6. The van der Waals surface area contributed by atoms with Gasteiger partial charge in [0, 0.05) is 49.0 Å². The molecule has 0 spiro atoms. The molecule has 6 heteroatoms. The van der Waals surface area contributed by atoms with Crippen LogP contribution in [0.25, 0.3) is 10.9 Å². The van der Waals surface area contributed by atoms with E-state index in [4.69, 9.17) is 4.74 Å². The van der Waals surface area contributed by atoms with Gasteiger partial charge in [-0.3, -0.25) is 0 Å². The van der Waals surface area contributed by atoms with Crippen molar-refractivity contribution in [1.82, 2.24) is 14.8 Å². The van der Waals surface area contributed by atoms with Crippen LogP contribution in [0.5, 0.6) is 0 Å². The highest BCUT2D eigenvalue weighted by molar-refractivity contribution is 5.92. The molecule has 25 heavy (non-hydrogen) atoms. The Morgan fingerprint density at radius 1 is 1.36 bits per heavy atom. The van der Waals surface area contributed by atoms with Crippen molar-refractivity contribution < 1.29 is 9.53 Å². The molecule has 1 fully saturated rings. The third-order valence-corrected chi connectivity index (χ3v) is 4.59. The molecular formula is C19H28N4O2. The number of ether oxygens (including phenoxy) is 1. The van der Waals surface area contributed by atoms with E-state index in [2.05, 4.69) is 52.5 Å². The maximum Gasteiger partial charge on any atom is 0.319 e. The van der Waals surface area contributed by atoms with Crippen LogP contribution >= 0.6 is 0 Å². The number of hydrogen-bond acceptors (Lipinski definition) is 3. The second kappa shape index (κ2) is 8.36. The first-order valence-electron chi connectivity index (χ1n) is 9.02. The average molecular weight is 344 g/mol. The van der Waals surface area contributed by atoms with E-state index in [9.17, 15) is 4.79 Å². The smallest absolute Gasteiger partial charge is 0.319 e. The summed E-state index contributed by atoms with van der Waals surface area (Å²) in [6, 6.07) is 7.96. The highest BCUT2D eigenvalue weighted by atomic mass is 16.5. The molecule has 1 saturated heterocycles. The molecule has 1 aliphatic rings. The minimum absolute atomic E-state index is 0.163. The Bertz CT molecular complexity index is 705. The molecular weight excluding hydrogens is 316 g/mol. The molecule has 2 N–H and O–H groups in total. The van der Waals surface area contributed by atoms with Gasteiger partial charge in [-0.25, -0.2) is 4.79 Å². The monoisotopic (exact) mass is 344 g/mol. The lowest BCUT2D eigenvalue weighted by molar-refractivity contribution is 0.105. The van der Waals surface area contributed by atoms with Crippen LogP contribution in [0, 0.1) is 0 Å². The van der Waals surface area contributed by atoms with Crippen LogP contribution < -0.4 is 10.6 Å². The summed E-state index contributed by atoms with van der Waals surface area (Å²) >= 11 is 0. The van der Waals surface area contributed by atoms with Crippen molar-refractivity contribution in [1.29, 1.82) is 0 Å². The number of aromatic nitrogens is 1. The Labute approximate surface area is 149 Å². The van der Waals surface area contributed by atoms with Crippen LogP contribution in [0.3, 0.4) is 0 Å². The Morgan fingerprint density at radius 2 is 2.24 bits per heavy atom. The summed E-state index contributed by atoms with van der Waals surface area (Å²) in [4.78, 5) is 14.2. The van der Waals surface area contributed by atoms with Crippen LogP contribution in [-0.2, 0) is 11.3 Å². The van der Waals surface area contributed by atoms with Crippen LogP contribution in [0.1, 0.15) is 19.3 Å². The van der Waals surface area contributed by atoms with Crippen molar-refractivity contribution in [2.75, 3.05) is 39.1 Å². The third kappa shape index (κ3) is 4.96. The van der Waals surface area contributed by atoms with E-state index in [0.29, 0.717) is 12.6 Å². The van der Waals surface area contributed by atoms with Crippen molar-refractivity contribution in [2.45, 2.75) is 31.9 Å². The number of likely N-dealkylation sites (N-methyl/N-ethyl adjacent to an activating group) is 1. The fourth-order valence-corrected chi connectivity index (χ4v) is 3.17.